The lowest BCUT2D eigenvalue weighted by Gasteiger charge is -2.39. The highest BCUT2D eigenvalue weighted by Crippen LogP contribution is 2.30. The number of hydrogen-bond donors (Lipinski definition) is 0. The van der Waals surface area contributed by atoms with Gasteiger partial charge in [-0.1, -0.05) is 54.1 Å². The minimum absolute atomic E-state index is 0.0621. The smallest absolute Gasteiger partial charge is 0.226 e. The lowest BCUT2D eigenvalue weighted by Crippen LogP contribution is -2.48. The Morgan fingerprint density at radius 2 is 1.62 bits per heavy atom. The minimum Gasteiger partial charge on any atom is -0.372 e. The molecule has 2 aromatic rings. The Kier molecular flexibility index (Phi) is 7.21. The molecule has 0 bridgehead atoms. The van der Waals surface area contributed by atoms with Crippen LogP contribution < -0.4 is 0 Å². The van der Waals surface area contributed by atoms with Crippen LogP contribution in [0.1, 0.15) is 17.2 Å². The Hall–Kier alpha value is -1.72. The van der Waals surface area contributed by atoms with E-state index in [-0.39, 0.29) is 12.6 Å². The topological polar surface area (TPSA) is 32.8 Å². The van der Waals surface area contributed by atoms with Gasteiger partial charge in [0.1, 0.15) is 6.61 Å². The Morgan fingerprint density at radius 3 is 2.27 bits per heavy atom. The van der Waals surface area contributed by atoms with Crippen molar-refractivity contribution in [3.63, 3.8) is 0 Å². The second kappa shape index (κ2) is 9.83. The SMILES string of the molecule is O=[C]COCCN1CCN(C(c2ccccc2)c2ccc(Cl)cc2)CC1. The highest BCUT2D eigenvalue weighted by atomic mass is 35.5. The lowest BCUT2D eigenvalue weighted by molar-refractivity contribution is 0.0771. The van der Waals surface area contributed by atoms with Crippen molar-refractivity contribution < 1.29 is 9.53 Å². The molecule has 1 radical (unpaired) electrons. The average Bonchev–Trinajstić information content (AvgIpc) is 2.69. The number of ether oxygens (including phenoxy) is 1. The van der Waals surface area contributed by atoms with Crippen LogP contribution >= 0.6 is 11.6 Å². The van der Waals surface area contributed by atoms with Gasteiger partial charge < -0.3 is 4.74 Å². The maximum absolute atomic E-state index is 10.2. The summed E-state index contributed by atoms with van der Waals surface area (Å²) < 4.78 is 5.22. The van der Waals surface area contributed by atoms with Crippen molar-refractivity contribution in [2.45, 2.75) is 6.04 Å². The molecule has 0 N–H and O–H groups in total. The van der Waals surface area contributed by atoms with E-state index in [4.69, 9.17) is 16.3 Å². The zero-order valence-electron chi connectivity index (χ0n) is 14.8. The molecular weight excluding hydrogens is 348 g/mol. The van der Waals surface area contributed by atoms with Gasteiger partial charge in [-0.3, -0.25) is 14.6 Å². The van der Waals surface area contributed by atoms with E-state index in [1.54, 1.807) is 6.29 Å². The summed E-state index contributed by atoms with van der Waals surface area (Å²) in [5.41, 5.74) is 2.56. The summed E-state index contributed by atoms with van der Waals surface area (Å²) in [6.07, 6.45) is 1.76. The summed E-state index contributed by atoms with van der Waals surface area (Å²) in [4.78, 5) is 15.1. The number of benzene rings is 2. The number of hydrogen-bond acceptors (Lipinski definition) is 4. The van der Waals surface area contributed by atoms with Crippen LogP contribution in [0.4, 0.5) is 0 Å². The third kappa shape index (κ3) is 5.15. The van der Waals surface area contributed by atoms with Crippen molar-refractivity contribution in [3.05, 3.63) is 70.7 Å². The van der Waals surface area contributed by atoms with Crippen LogP contribution in [0.5, 0.6) is 0 Å². The summed E-state index contributed by atoms with van der Waals surface area (Å²) in [6.45, 7) is 5.45. The summed E-state index contributed by atoms with van der Waals surface area (Å²) in [7, 11) is 0. The van der Waals surface area contributed by atoms with Crippen LogP contribution in [0.3, 0.4) is 0 Å². The molecule has 1 heterocycles. The van der Waals surface area contributed by atoms with Crippen molar-refractivity contribution in [1.82, 2.24) is 9.80 Å². The third-order valence-corrected chi connectivity index (χ3v) is 5.04. The number of carbonyl (C=O) groups excluding carboxylic acids is 1. The number of nitrogens with zero attached hydrogens (tertiary/aromatic N) is 2. The van der Waals surface area contributed by atoms with E-state index >= 15 is 0 Å². The Morgan fingerprint density at radius 1 is 0.962 bits per heavy atom. The van der Waals surface area contributed by atoms with Gasteiger partial charge in [-0.15, -0.1) is 0 Å². The Balaban J connectivity index is 1.67. The lowest BCUT2D eigenvalue weighted by atomic mass is 9.96. The second-order valence-electron chi connectivity index (χ2n) is 6.44. The normalized spacial score (nSPS) is 17.1. The van der Waals surface area contributed by atoms with Gasteiger partial charge in [-0.25, -0.2) is 0 Å². The molecule has 4 nitrogen and oxygen atoms in total. The van der Waals surface area contributed by atoms with Gasteiger partial charge in [-0.2, -0.15) is 0 Å². The van der Waals surface area contributed by atoms with Crippen LogP contribution in [-0.4, -0.2) is 62.0 Å². The summed E-state index contributed by atoms with van der Waals surface area (Å²) in [5, 5.41) is 0.762. The molecule has 5 heteroatoms. The predicted molar refractivity (Wildman–Crippen MR) is 104 cm³/mol. The van der Waals surface area contributed by atoms with Crippen molar-refractivity contribution in [2.75, 3.05) is 45.9 Å². The van der Waals surface area contributed by atoms with Gasteiger partial charge in [0.25, 0.3) is 0 Å². The first kappa shape index (κ1) is 19.1. The van der Waals surface area contributed by atoms with Crippen molar-refractivity contribution in [1.29, 1.82) is 0 Å². The molecule has 1 unspecified atom stereocenters. The molecule has 3 rings (SSSR count). The number of halogens is 1. The molecule has 137 valence electrons. The standard InChI is InChI=1S/C21H24ClN2O2/c22-20-8-6-19(7-9-20)21(18-4-2-1-3-5-18)24-12-10-23(11-13-24)14-16-26-17-15-25/h1-9,21H,10-14,16-17H2. The van der Waals surface area contributed by atoms with Crippen LogP contribution in [-0.2, 0) is 9.53 Å². The van der Waals surface area contributed by atoms with Crippen LogP contribution in [0.25, 0.3) is 0 Å². The fourth-order valence-electron chi connectivity index (χ4n) is 3.45. The molecular formula is C21H24ClN2O2. The molecule has 1 fully saturated rings. The summed E-state index contributed by atoms with van der Waals surface area (Å²) >= 11 is 6.08. The molecule has 0 aliphatic carbocycles. The van der Waals surface area contributed by atoms with Gasteiger partial charge in [0.2, 0.25) is 6.29 Å². The number of rotatable bonds is 8. The van der Waals surface area contributed by atoms with E-state index in [0.29, 0.717) is 6.61 Å². The molecule has 0 aromatic heterocycles. The highest BCUT2D eigenvalue weighted by Gasteiger charge is 2.26. The molecule has 1 saturated heterocycles. The highest BCUT2D eigenvalue weighted by molar-refractivity contribution is 6.30. The zero-order chi connectivity index (χ0) is 18.2. The average molecular weight is 372 g/mol. The van der Waals surface area contributed by atoms with Crippen LogP contribution in [0.2, 0.25) is 5.02 Å². The molecule has 1 aliphatic rings. The molecule has 1 aliphatic heterocycles. The minimum atomic E-state index is 0.0621. The largest absolute Gasteiger partial charge is 0.372 e. The van der Waals surface area contributed by atoms with E-state index in [1.165, 1.54) is 11.1 Å². The molecule has 1 atom stereocenters. The first-order valence-electron chi connectivity index (χ1n) is 8.97. The van der Waals surface area contributed by atoms with Crippen LogP contribution in [0, 0.1) is 0 Å². The van der Waals surface area contributed by atoms with E-state index in [1.807, 2.05) is 12.1 Å². The van der Waals surface area contributed by atoms with Crippen molar-refractivity contribution >= 4 is 17.9 Å². The fraction of sp³-hybridized carbons (Fsp3) is 0.381. The first-order chi connectivity index (χ1) is 12.8. The molecule has 26 heavy (non-hydrogen) atoms. The quantitative estimate of drug-likeness (QED) is 0.667. The molecule has 0 amide bonds. The summed E-state index contributed by atoms with van der Waals surface area (Å²) in [6, 6.07) is 19.0. The van der Waals surface area contributed by atoms with Gasteiger partial charge >= 0.3 is 0 Å². The van der Waals surface area contributed by atoms with Crippen LogP contribution in [0.15, 0.2) is 54.6 Å². The monoisotopic (exact) mass is 371 g/mol. The fourth-order valence-corrected chi connectivity index (χ4v) is 3.57. The van der Waals surface area contributed by atoms with Gasteiger partial charge in [0, 0.05) is 37.7 Å². The van der Waals surface area contributed by atoms with Crippen molar-refractivity contribution in [2.24, 2.45) is 0 Å². The molecule has 0 spiro atoms. The first-order valence-corrected chi connectivity index (χ1v) is 9.35. The maximum atomic E-state index is 10.2. The van der Waals surface area contributed by atoms with E-state index < -0.39 is 0 Å². The Bertz CT molecular complexity index is 670. The number of piperazine rings is 1. The zero-order valence-corrected chi connectivity index (χ0v) is 15.6. The third-order valence-electron chi connectivity index (χ3n) is 4.79. The van der Waals surface area contributed by atoms with E-state index in [9.17, 15) is 4.79 Å². The second-order valence-corrected chi connectivity index (χ2v) is 6.88. The van der Waals surface area contributed by atoms with E-state index in [0.717, 1.165) is 37.7 Å². The van der Waals surface area contributed by atoms with Gasteiger partial charge in [0.05, 0.1) is 12.6 Å². The molecule has 0 saturated carbocycles. The van der Waals surface area contributed by atoms with Gasteiger partial charge in [-0.05, 0) is 23.3 Å². The molecule has 2 aromatic carbocycles. The predicted octanol–water partition coefficient (Wildman–Crippen LogP) is 3.17. The van der Waals surface area contributed by atoms with Crippen molar-refractivity contribution in [3.8, 4) is 0 Å². The Labute approximate surface area is 160 Å². The van der Waals surface area contributed by atoms with Gasteiger partial charge in [0.15, 0.2) is 0 Å². The summed E-state index contributed by atoms with van der Waals surface area (Å²) in [5.74, 6) is 0. The van der Waals surface area contributed by atoms with E-state index in [2.05, 4.69) is 52.3 Å². The maximum Gasteiger partial charge on any atom is 0.226 e.